The van der Waals surface area contributed by atoms with E-state index >= 15 is 0 Å². The predicted octanol–water partition coefficient (Wildman–Crippen LogP) is 3.20. The van der Waals surface area contributed by atoms with Crippen molar-refractivity contribution in [3.8, 4) is 0 Å². The SMILES string of the molecule is CCNC(CC(C)(C)C)C1CCC1. The van der Waals surface area contributed by atoms with Crippen LogP contribution < -0.4 is 5.32 Å². The highest BCUT2D eigenvalue weighted by molar-refractivity contribution is 4.85. The highest BCUT2D eigenvalue weighted by Crippen LogP contribution is 2.34. The zero-order valence-electron chi connectivity index (χ0n) is 9.69. The molecule has 0 aliphatic heterocycles. The quantitative estimate of drug-likeness (QED) is 0.706. The first kappa shape index (κ1) is 11.0. The minimum Gasteiger partial charge on any atom is -0.314 e. The van der Waals surface area contributed by atoms with Gasteiger partial charge in [-0.2, -0.15) is 0 Å². The summed E-state index contributed by atoms with van der Waals surface area (Å²) in [5.74, 6) is 0.971. The van der Waals surface area contributed by atoms with Gasteiger partial charge in [-0.3, -0.25) is 0 Å². The van der Waals surface area contributed by atoms with Gasteiger partial charge in [-0.15, -0.1) is 0 Å². The van der Waals surface area contributed by atoms with Crippen LogP contribution in [0.4, 0.5) is 0 Å². The number of rotatable bonds is 4. The Morgan fingerprint density at radius 1 is 1.31 bits per heavy atom. The monoisotopic (exact) mass is 183 g/mol. The Morgan fingerprint density at radius 3 is 2.23 bits per heavy atom. The van der Waals surface area contributed by atoms with Crippen LogP contribution in [0.15, 0.2) is 0 Å². The molecule has 0 aromatic carbocycles. The van der Waals surface area contributed by atoms with E-state index in [2.05, 4.69) is 33.0 Å². The first-order chi connectivity index (χ1) is 6.03. The van der Waals surface area contributed by atoms with E-state index in [1.165, 1.54) is 25.7 Å². The molecule has 1 heteroatoms. The van der Waals surface area contributed by atoms with Gasteiger partial charge in [-0.1, -0.05) is 34.1 Å². The molecule has 1 aliphatic carbocycles. The Kier molecular flexibility index (Phi) is 3.78. The summed E-state index contributed by atoms with van der Waals surface area (Å²) in [6.07, 6.45) is 5.68. The fraction of sp³-hybridized carbons (Fsp3) is 1.00. The molecular formula is C12H25N. The molecular weight excluding hydrogens is 158 g/mol. The lowest BCUT2D eigenvalue weighted by Gasteiger charge is -2.37. The van der Waals surface area contributed by atoms with Crippen molar-refractivity contribution >= 4 is 0 Å². The van der Waals surface area contributed by atoms with Gasteiger partial charge in [0.1, 0.15) is 0 Å². The molecule has 1 aliphatic rings. The van der Waals surface area contributed by atoms with Crippen molar-refractivity contribution in [3.63, 3.8) is 0 Å². The van der Waals surface area contributed by atoms with Gasteiger partial charge in [-0.05, 0) is 37.1 Å². The minimum atomic E-state index is 0.475. The van der Waals surface area contributed by atoms with Crippen LogP contribution in [0.25, 0.3) is 0 Å². The number of hydrogen-bond acceptors (Lipinski definition) is 1. The van der Waals surface area contributed by atoms with Gasteiger partial charge in [0.2, 0.25) is 0 Å². The Bertz CT molecular complexity index is 142. The molecule has 1 N–H and O–H groups in total. The maximum Gasteiger partial charge on any atom is 0.0100 e. The zero-order valence-corrected chi connectivity index (χ0v) is 9.69. The molecule has 1 fully saturated rings. The average molecular weight is 183 g/mol. The van der Waals surface area contributed by atoms with Crippen molar-refractivity contribution in [3.05, 3.63) is 0 Å². The summed E-state index contributed by atoms with van der Waals surface area (Å²) in [7, 11) is 0. The highest BCUT2D eigenvalue weighted by atomic mass is 14.9. The van der Waals surface area contributed by atoms with Crippen molar-refractivity contribution in [2.45, 2.75) is 59.4 Å². The molecule has 0 heterocycles. The molecule has 13 heavy (non-hydrogen) atoms. The predicted molar refractivity (Wildman–Crippen MR) is 58.9 cm³/mol. The van der Waals surface area contributed by atoms with E-state index in [4.69, 9.17) is 0 Å². The molecule has 1 nitrogen and oxygen atoms in total. The molecule has 1 atom stereocenters. The molecule has 1 rings (SSSR count). The molecule has 0 aromatic rings. The molecule has 0 amide bonds. The van der Waals surface area contributed by atoms with Crippen LogP contribution in [-0.4, -0.2) is 12.6 Å². The van der Waals surface area contributed by atoms with E-state index in [9.17, 15) is 0 Å². The molecule has 0 saturated heterocycles. The summed E-state index contributed by atoms with van der Waals surface area (Å²) >= 11 is 0. The summed E-state index contributed by atoms with van der Waals surface area (Å²) in [5.41, 5.74) is 0.475. The van der Waals surface area contributed by atoms with Gasteiger partial charge in [-0.25, -0.2) is 0 Å². The largest absolute Gasteiger partial charge is 0.314 e. The van der Waals surface area contributed by atoms with Gasteiger partial charge >= 0.3 is 0 Å². The Balaban J connectivity index is 2.37. The normalized spacial score (nSPS) is 21.2. The van der Waals surface area contributed by atoms with Gasteiger partial charge in [0.05, 0.1) is 0 Å². The van der Waals surface area contributed by atoms with Crippen molar-refractivity contribution < 1.29 is 0 Å². The molecule has 0 radical (unpaired) electrons. The van der Waals surface area contributed by atoms with E-state index in [1.54, 1.807) is 0 Å². The third-order valence-electron chi connectivity index (χ3n) is 3.02. The standard InChI is InChI=1S/C12H25N/c1-5-13-11(9-12(2,3)4)10-7-6-8-10/h10-11,13H,5-9H2,1-4H3. The second kappa shape index (κ2) is 4.45. The van der Waals surface area contributed by atoms with Crippen LogP contribution in [0, 0.1) is 11.3 Å². The van der Waals surface area contributed by atoms with E-state index in [0.717, 1.165) is 18.5 Å². The summed E-state index contributed by atoms with van der Waals surface area (Å²) in [5, 5.41) is 3.64. The van der Waals surface area contributed by atoms with Crippen LogP contribution in [0.3, 0.4) is 0 Å². The molecule has 0 bridgehead atoms. The van der Waals surface area contributed by atoms with Crippen molar-refractivity contribution in [1.29, 1.82) is 0 Å². The molecule has 1 saturated carbocycles. The van der Waals surface area contributed by atoms with E-state index < -0.39 is 0 Å². The summed E-state index contributed by atoms with van der Waals surface area (Å²) in [6.45, 7) is 10.4. The molecule has 0 spiro atoms. The van der Waals surface area contributed by atoms with Crippen LogP contribution in [-0.2, 0) is 0 Å². The summed E-state index contributed by atoms with van der Waals surface area (Å²) < 4.78 is 0. The Morgan fingerprint density at radius 2 is 1.92 bits per heavy atom. The first-order valence-corrected chi connectivity index (χ1v) is 5.76. The number of nitrogens with one attached hydrogen (secondary N) is 1. The highest BCUT2D eigenvalue weighted by Gasteiger charge is 2.29. The van der Waals surface area contributed by atoms with Crippen LogP contribution in [0.5, 0.6) is 0 Å². The average Bonchev–Trinajstić information content (AvgIpc) is 1.79. The molecule has 1 unspecified atom stereocenters. The van der Waals surface area contributed by atoms with Crippen LogP contribution in [0.1, 0.15) is 53.4 Å². The molecule has 0 aromatic heterocycles. The molecule has 78 valence electrons. The van der Waals surface area contributed by atoms with Gasteiger partial charge in [0, 0.05) is 6.04 Å². The minimum absolute atomic E-state index is 0.475. The van der Waals surface area contributed by atoms with E-state index in [1.807, 2.05) is 0 Å². The van der Waals surface area contributed by atoms with Crippen molar-refractivity contribution in [2.24, 2.45) is 11.3 Å². The van der Waals surface area contributed by atoms with E-state index in [0.29, 0.717) is 5.41 Å². The second-order valence-corrected chi connectivity index (χ2v) is 5.62. The lowest BCUT2D eigenvalue weighted by molar-refractivity contribution is 0.179. The third-order valence-corrected chi connectivity index (χ3v) is 3.02. The smallest absolute Gasteiger partial charge is 0.0100 e. The van der Waals surface area contributed by atoms with Crippen molar-refractivity contribution in [2.75, 3.05) is 6.54 Å². The van der Waals surface area contributed by atoms with Crippen LogP contribution in [0.2, 0.25) is 0 Å². The number of hydrogen-bond donors (Lipinski definition) is 1. The summed E-state index contributed by atoms with van der Waals surface area (Å²) in [4.78, 5) is 0. The maximum atomic E-state index is 3.64. The zero-order chi connectivity index (χ0) is 9.90. The Hall–Kier alpha value is -0.0400. The Labute approximate surface area is 83.3 Å². The fourth-order valence-corrected chi connectivity index (χ4v) is 2.17. The van der Waals surface area contributed by atoms with E-state index in [-0.39, 0.29) is 0 Å². The fourth-order valence-electron chi connectivity index (χ4n) is 2.17. The lowest BCUT2D eigenvalue weighted by Crippen LogP contribution is -2.41. The van der Waals surface area contributed by atoms with Crippen molar-refractivity contribution in [1.82, 2.24) is 5.32 Å². The first-order valence-electron chi connectivity index (χ1n) is 5.76. The van der Waals surface area contributed by atoms with Gasteiger partial charge < -0.3 is 5.32 Å². The topological polar surface area (TPSA) is 12.0 Å². The summed E-state index contributed by atoms with van der Waals surface area (Å²) in [6, 6.07) is 0.777. The third kappa shape index (κ3) is 3.68. The maximum absolute atomic E-state index is 3.64. The second-order valence-electron chi connectivity index (χ2n) is 5.62. The lowest BCUT2D eigenvalue weighted by atomic mass is 9.74. The van der Waals surface area contributed by atoms with Gasteiger partial charge in [0.15, 0.2) is 0 Å². The van der Waals surface area contributed by atoms with Crippen LogP contribution >= 0.6 is 0 Å². The van der Waals surface area contributed by atoms with Gasteiger partial charge in [0.25, 0.3) is 0 Å².